The molecule has 3 heteroatoms. The lowest BCUT2D eigenvalue weighted by atomic mass is 9.94. The third kappa shape index (κ3) is 2.83. The first kappa shape index (κ1) is 11.1. The predicted octanol–water partition coefficient (Wildman–Crippen LogP) is 1.62. The largest absolute Gasteiger partial charge is 0.353 e. The number of piperidine rings is 1. The lowest BCUT2D eigenvalue weighted by Crippen LogP contribution is -2.43. The van der Waals surface area contributed by atoms with Gasteiger partial charge in [0.15, 0.2) is 0 Å². The van der Waals surface area contributed by atoms with Gasteiger partial charge in [-0.3, -0.25) is 4.79 Å². The highest BCUT2D eigenvalue weighted by molar-refractivity contribution is 5.73. The summed E-state index contributed by atoms with van der Waals surface area (Å²) in [5, 5.41) is 6.49. The van der Waals surface area contributed by atoms with Crippen LogP contribution in [0.5, 0.6) is 0 Å². The smallest absolute Gasteiger partial charge is 0.217 e. The van der Waals surface area contributed by atoms with Gasteiger partial charge in [0.05, 0.1) is 0 Å². The van der Waals surface area contributed by atoms with E-state index in [9.17, 15) is 4.79 Å². The van der Waals surface area contributed by atoms with E-state index in [0.717, 1.165) is 19.4 Å². The second-order valence-corrected chi connectivity index (χ2v) is 4.34. The summed E-state index contributed by atoms with van der Waals surface area (Å²) in [7, 11) is 0. The van der Waals surface area contributed by atoms with Gasteiger partial charge in [-0.05, 0) is 24.9 Å². The number of hydrogen-bond acceptors (Lipinski definition) is 2. The van der Waals surface area contributed by atoms with Gasteiger partial charge in [-0.15, -0.1) is 0 Å². The Hall–Kier alpha value is -1.35. The van der Waals surface area contributed by atoms with E-state index < -0.39 is 0 Å². The lowest BCUT2D eigenvalue weighted by Gasteiger charge is -2.31. The van der Waals surface area contributed by atoms with E-state index in [1.807, 2.05) is 6.07 Å². The van der Waals surface area contributed by atoms with E-state index in [0.29, 0.717) is 12.1 Å². The van der Waals surface area contributed by atoms with Gasteiger partial charge < -0.3 is 10.6 Å². The Bertz CT molecular complexity index is 350. The Balaban J connectivity index is 1.99. The Morgan fingerprint density at radius 3 is 2.81 bits per heavy atom. The van der Waals surface area contributed by atoms with Crippen LogP contribution in [0.3, 0.4) is 0 Å². The average molecular weight is 218 g/mol. The fourth-order valence-corrected chi connectivity index (χ4v) is 2.28. The molecule has 1 heterocycles. The molecule has 2 rings (SSSR count). The highest BCUT2D eigenvalue weighted by Gasteiger charge is 2.22. The number of hydrogen-bond donors (Lipinski definition) is 2. The first-order valence-electron chi connectivity index (χ1n) is 5.81. The molecule has 3 nitrogen and oxygen atoms in total. The fraction of sp³-hybridized carbons (Fsp3) is 0.462. The minimum atomic E-state index is 0.0683. The summed E-state index contributed by atoms with van der Waals surface area (Å²) >= 11 is 0. The maximum absolute atomic E-state index is 11.0. The van der Waals surface area contributed by atoms with Crippen LogP contribution in [0.2, 0.25) is 0 Å². The zero-order valence-corrected chi connectivity index (χ0v) is 9.57. The average Bonchev–Trinajstić information content (AvgIpc) is 2.30. The van der Waals surface area contributed by atoms with Gasteiger partial charge in [0, 0.05) is 19.0 Å². The molecule has 1 amide bonds. The summed E-state index contributed by atoms with van der Waals surface area (Å²) in [5.41, 5.74) is 1.30. The van der Waals surface area contributed by atoms with E-state index in [1.54, 1.807) is 6.92 Å². The van der Waals surface area contributed by atoms with Crippen molar-refractivity contribution < 1.29 is 4.79 Å². The summed E-state index contributed by atoms with van der Waals surface area (Å²) in [6, 6.07) is 11.1. The summed E-state index contributed by atoms with van der Waals surface area (Å²) in [6.07, 6.45) is 1.99. The quantitative estimate of drug-likeness (QED) is 0.792. The molecule has 0 saturated carbocycles. The van der Waals surface area contributed by atoms with Crippen LogP contribution in [-0.2, 0) is 4.79 Å². The predicted molar refractivity (Wildman–Crippen MR) is 64.0 cm³/mol. The molecule has 2 atom stereocenters. The van der Waals surface area contributed by atoms with Crippen LogP contribution < -0.4 is 10.6 Å². The van der Waals surface area contributed by atoms with E-state index in [4.69, 9.17) is 0 Å². The van der Waals surface area contributed by atoms with Crippen molar-refractivity contribution in [2.75, 3.05) is 6.54 Å². The van der Waals surface area contributed by atoms with Gasteiger partial charge in [-0.25, -0.2) is 0 Å². The van der Waals surface area contributed by atoms with Gasteiger partial charge in [-0.2, -0.15) is 0 Å². The fourth-order valence-electron chi connectivity index (χ4n) is 2.28. The summed E-state index contributed by atoms with van der Waals surface area (Å²) in [4.78, 5) is 11.0. The van der Waals surface area contributed by atoms with Crippen LogP contribution in [0.4, 0.5) is 0 Å². The summed E-state index contributed by atoms with van der Waals surface area (Å²) in [5.74, 6) is 0.0683. The zero-order valence-electron chi connectivity index (χ0n) is 9.57. The van der Waals surface area contributed by atoms with Crippen molar-refractivity contribution in [2.24, 2.45) is 0 Å². The van der Waals surface area contributed by atoms with E-state index in [1.165, 1.54) is 5.56 Å². The summed E-state index contributed by atoms with van der Waals surface area (Å²) in [6.45, 7) is 2.55. The molecule has 1 aromatic carbocycles. The zero-order chi connectivity index (χ0) is 11.4. The van der Waals surface area contributed by atoms with Crippen LogP contribution in [-0.4, -0.2) is 18.5 Å². The van der Waals surface area contributed by atoms with Gasteiger partial charge >= 0.3 is 0 Å². The Kier molecular flexibility index (Phi) is 3.57. The Morgan fingerprint density at radius 1 is 1.38 bits per heavy atom. The van der Waals surface area contributed by atoms with Crippen molar-refractivity contribution in [2.45, 2.75) is 31.8 Å². The first-order valence-corrected chi connectivity index (χ1v) is 5.81. The number of amides is 1. The molecule has 0 spiro atoms. The van der Waals surface area contributed by atoms with Crippen LogP contribution in [0.15, 0.2) is 30.3 Å². The van der Waals surface area contributed by atoms with Gasteiger partial charge in [0.2, 0.25) is 5.91 Å². The third-order valence-electron chi connectivity index (χ3n) is 3.01. The molecular weight excluding hydrogens is 200 g/mol. The molecule has 1 saturated heterocycles. The molecule has 1 fully saturated rings. The number of nitrogens with one attached hydrogen (secondary N) is 2. The monoisotopic (exact) mass is 218 g/mol. The van der Waals surface area contributed by atoms with Crippen LogP contribution in [0, 0.1) is 0 Å². The van der Waals surface area contributed by atoms with Crippen LogP contribution >= 0.6 is 0 Å². The Labute approximate surface area is 96.2 Å². The number of carbonyl (C=O) groups is 1. The van der Waals surface area contributed by atoms with Crippen LogP contribution in [0.1, 0.15) is 31.4 Å². The van der Waals surface area contributed by atoms with E-state index >= 15 is 0 Å². The highest BCUT2D eigenvalue weighted by Crippen LogP contribution is 2.22. The molecule has 0 radical (unpaired) electrons. The second-order valence-electron chi connectivity index (χ2n) is 4.34. The minimum absolute atomic E-state index is 0.0683. The Morgan fingerprint density at radius 2 is 2.12 bits per heavy atom. The molecule has 1 aliphatic heterocycles. The minimum Gasteiger partial charge on any atom is -0.353 e. The lowest BCUT2D eigenvalue weighted by molar-refractivity contribution is -0.119. The third-order valence-corrected chi connectivity index (χ3v) is 3.01. The number of carbonyl (C=O) groups excluding carboxylic acids is 1. The van der Waals surface area contributed by atoms with Gasteiger partial charge in [0.25, 0.3) is 0 Å². The molecular formula is C13H18N2O. The molecule has 16 heavy (non-hydrogen) atoms. The molecule has 0 aliphatic carbocycles. The topological polar surface area (TPSA) is 41.1 Å². The number of rotatable bonds is 2. The first-order chi connectivity index (χ1) is 7.75. The maximum atomic E-state index is 11.0. The number of benzene rings is 1. The molecule has 0 aromatic heterocycles. The molecule has 2 N–H and O–H groups in total. The molecule has 86 valence electrons. The van der Waals surface area contributed by atoms with Crippen LogP contribution in [0.25, 0.3) is 0 Å². The normalized spacial score (nSPS) is 25.1. The molecule has 2 unspecified atom stereocenters. The van der Waals surface area contributed by atoms with Crippen molar-refractivity contribution in [1.82, 2.24) is 10.6 Å². The second kappa shape index (κ2) is 5.12. The van der Waals surface area contributed by atoms with Crippen molar-refractivity contribution >= 4 is 5.91 Å². The van der Waals surface area contributed by atoms with Crippen molar-refractivity contribution in [3.63, 3.8) is 0 Å². The SMILES string of the molecule is CC(=O)NC1CCNC(c2ccccc2)C1. The van der Waals surface area contributed by atoms with Crippen molar-refractivity contribution in [3.8, 4) is 0 Å². The standard InChI is InChI=1S/C13H18N2O/c1-10(16)15-12-7-8-14-13(9-12)11-5-3-2-4-6-11/h2-6,12-14H,7-9H2,1H3,(H,15,16). The van der Waals surface area contributed by atoms with Gasteiger partial charge in [-0.1, -0.05) is 30.3 Å². The van der Waals surface area contributed by atoms with Crippen molar-refractivity contribution in [1.29, 1.82) is 0 Å². The molecule has 1 aliphatic rings. The molecule has 1 aromatic rings. The van der Waals surface area contributed by atoms with E-state index in [-0.39, 0.29) is 5.91 Å². The summed E-state index contributed by atoms with van der Waals surface area (Å²) < 4.78 is 0. The van der Waals surface area contributed by atoms with Crippen molar-refractivity contribution in [3.05, 3.63) is 35.9 Å². The van der Waals surface area contributed by atoms with E-state index in [2.05, 4.69) is 34.9 Å². The highest BCUT2D eigenvalue weighted by atomic mass is 16.1. The maximum Gasteiger partial charge on any atom is 0.217 e. The molecule has 0 bridgehead atoms. The van der Waals surface area contributed by atoms with Gasteiger partial charge in [0.1, 0.15) is 0 Å².